The van der Waals surface area contributed by atoms with Gasteiger partial charge in [-0.25, -0.2) is 9.59 Å². The number of rotatable bonds is 5. The zero-order valence-electron chi connectivity index (χ0n) is 10.6. The Labute approximate surface area is 102 Å². The SMILES string of the molecule is C=C(C)C(=O)OCCOC(=O)C(=C)C.CCO. The van der Waals surface area contributed by atoms with Gasteiger partial charge in [0.15, 0.2) is 0 Å². The summed E-state index contributed by atoms with van der Waals surface area (Å²) in [5.41, 5.74) is 0.632. The molecule has 0 saturated heterocycles. The Morgan fingerprint density at radius 3 is 1.41 bits per heavy atom. The number of esters is 2. The summed E-state index contributed by atoms with van der Waals surface area (Å²) < 4.78 is 9.38. The van der Waals surface area contributed by atoms with Crippen LogP contribution in [-0.4, -0.2) is 36.9 Å². The molecule has 0 aliphatic heterocycles. The van der Waals surface area contributed by atoms with Crippen LogP contribution in [0.3, 0.4) is 0 Å². The molecule has 0 atom stereocenters. The first-order valence-electron chi connectivity index (χ1n) is 5.12. The molecule has 0 radical (unpaired) electrons. The summed E-state index contributed by atoms with van der Waals surface area (Å²) in [6.45, 7) is 11.9. The highest BCUT2D eigenvalue weighted by atomic mass is 16.6. The van der Waals surface area contributed by atoms with Gasteiger partial charge in [-0.15, -0.1) is 0 Å². The van der Waals surface area contributed by atoms with Crippen LogP contribution in [0.5, 0.6) is 0 Å². The van der Waals surface area contributed by atoms with E-state index in [1.165, 1.54) is 0 Å². The van der Waals surface area contributed by atoms with Gasteiger partial charge in [0.2, 0.25) is 0 Å². The maximum atomic E-state index is 10.8. The number of carbonyl (C=O) groups excluding carboxylic acids is 2. The van der Waals surface area contributed by atoms with E-state index in [1.807, 2.05) is 0 Å². The van der Waals surface area contributed by atoms with Crippen molar-refractivity contribution in [1.82, 2.24) is 0 Å². The van der Waals surface area contributed by atoms with Crippen LogP contribution < -0.4 is 0 Å². The maximum absolute atomic E-state index is 10.8. The van der Waals surface area contributed by atoms with E-state index in [2.05, 4.69) is 22.6 Å². The zero-order chi connectivity index (χ0) is 13.8. The molecule has 0 aromatic heterocycles. The van der Waals surface area contributed by atoms with Crippen LogP contribution in [0.1, 0.15) is 20.8 Å². The van der Waals surface area contributed by atoms with Crippen LogP contribution >= 0.6 is 0 Å². The quantitative estimate of drug-likeness (QED) is 0.447. The fourth-order valence-electron chi connectivity index (χ4n) is 0.515. The highest BCUT2D eigenvalue weighted by Crippen LogP contribution is 1.94. The van der Waals surface area contributed by atoms with Crippen LogP contribution in [0, 0.1) is 0 Å². The second-order valence-electron chi connectivity index (χ2n) is 3.15. The van der Waals surface area contributed by atoms with Gasteiger partial charge in [0.1, 0.15) is 13.2 Å². The van der Waals surface area contributed by atoms with E-state index in [-0.39, 0.29) is 19.8 Å². The van der Waals surface area contributed by atoms with E-state index >= 15 is 0 Å². The molecular formula is C12H20O5. The van der Waals surface area contributed by atoms with Crippen molar-refractivity contribution in [3.63, 3.8) is 0 Å². The predicted octanol–water partition coefficient (Wildman–Crippen LogP) is 1.22. The lowest BCUT2D eigenvalue weighted by atomic mass is 10.4. The molecule has 0 aliphatic rings. The van der Waals surface area contributed by atoms with E-state index in [0.717, 1.165) is 0 Å². The lowest BCUT2D eigenvalue weighted by Gasteiger charge is -2.05. The average molecular weight is 244 g/mol. The first-order chi connectivity index (χ1) is 7.86. The average Bonchev–Trinajstić information content (AvgIpc) is 2.24. The minimum atomic E-state index is -0.489. The molecule has 0 spiro atoms. The first kappa shape index (κ1) is 17.8. The van der Waals surface area contributed by atoms with E-state index < -0.39 is 11.9 Å². The molecule has 0 rings (SSSR count). The minimum Gasteiger partial charge on any atom is -0.459 e. The van der Waals surface area contributed by atoms with Crippen molar-refractivity contribution >= 4 is 11.9 Å². The molecule has 0 saturated carbocycles. The fraction of sp³-hybridized carbons (Fsp3) is 0.500. The third kappa shape index (κ3) is 12.3. The monoisotopic (exact) mass is 244 g/mol. The number of aliphatic hydroxyl groups excluding tert-OH is 1. The van der Waals surface area contributed by atoms with E-state index in [4.69, 9.17) is 5.11 Å². The Balaban J connectivity index is 0. The van der Waals surface area contributed by atoms with Gasteiger partial charge in [-0.05, 0) is 20.8 Å². The highest BCUT2D eigenvalue weighted by molar-refractivity contribution is 5.87. The molecular weight excluding hydrogens is 224 g/mol. The van der Waals surface area contributed by atoms with Crippen molar-refractivity contribution in [2.45, 2.75) is 20.8 Å². The van der Waals surface area contributed by atoms with Gasteiger partial charge in [0, 0.05) is 17.8 Å². The van der Waals surface area contributed by atoms with Crippen LogP contribution in [0.2, 0.25) is 0 Å². The standard InChI is InChI=1S/C10H14O4.C2H6O/c1-7(2)9(11)13-5-6-14-10(12)8(3)4;1-2-3/h1,3,5-6H2,2,4H3;3H,2H2,1H3. The summed E-state index contributed by atoms with van der Waals surface area (Å²) in [6, 6.07) is 0. The number of aliphatic hydroxyl groups is 1. The van der Waals surface area contributed by atoms with Crippen molar-refractivity contribution in [1.29, 1.82) is 0 Å². The van der Waals surface area contributed by atoms with Gasteiger partial charge in [-0.2, -0.15) is 0 Å². The molecule has 98 valence electrons. The number of hydrogen-bond acceptors (Lipinski definition) is 5. The van der Waals surface area contributed by atoms with Crippen LogP contribution in [-0.2, 0) is 19.1 Å². The highest BCUT2D eigenvalue weighted by Gasteiger charge is 2.05. The largest absolute Gasteiger partial charge is 0.459 e. The predicted molar refractivity (Wildman–Crippen MR) is 64.3 cm³/mol. The van der Waals surface area contributed by atoms with Crippen molar-refractivity contribution < 1.29 is 24.2 Å². The molecule has 0 bridgehead atoms. The Kier molecular flexibility index (Phi) is 11.4. The Morgan fingerprint density at radius 1 is 1.00 bits per heavy atom. The molecule has 5 heteroatoms. The van der Waals surface area contributed by atoms with Crippen molar-refractivity contribution in [2.24, 2.45) is 0 Å². The number of ether oxygens (including phenoxy) is 2. The van der Waals surface area contributed by atoms with Gasteiger partial charge < -0.3 is 14.6 Å². The smallest absolute Gasteiger partial charge is 0.333 e. The summed E-state index contributed by atoms with van der Waals surface area (Å²) in [7, 11) is 0. The molecule has 0 amide bonds. The summed E-state index contributed by atoms with van der Waals surface area (Å²) in [6.07, 6.45) is 0. The maximum Gasteiger partial charge on any atom is 0.333 e. The minimum absolute atomic E-state index is 0.0325. The second kappa shape index (κ2) is 10.9. The van der Waals surface area contributed by atoms with Crippen molar-refractivity contribution in [2.75, 3.05) is 19.8 Å². The molecule has 5 nitrogen and oxygen atoms in total. The van der Waals surface area contributed by atoms with Gasteiger partial charge in [0.25, 0.3) is 0 Å². The third-order valence-electron chi connectivity index (χ3n) is 1.25. The normalized spacial score (nSPS) is 8.47. The van der Waals surface area contributed by atoms with Gasteiger partial charge in [0.05, 0.1) is 0 Å². The van der Waals surface area contributed by atoms with Gasteiger partial charge in [-0.1, -0.05) is 13.2 Å². The van der Waals surface area contributed by atoms with Crippen LogP contribution in [0.15, 0.2) is 24.3 Å². The lowest BCUT2D eigenvalue weighted by Crippen LogP contribution is -2.14. The molecule has 0 aromatic rings. The van der Waals surface area contributed by atoms with Crippen molar-refractivity contribution in [3.8, 4) is 0 Å². The zero-order valence-corrected chi connectivity index (χ0v) is 10.6. The molecule has 1 N–H and O–H groups in total. The molecule has 0 fully saturated rings. The Hall–Kier alpha value is -1.62. The van der Waals surface area contributed by atoms with E-state index in [9.17, 15) is 9.59 Å². The molecule has 0 unspecified atom stereocenters. The summed E-state index contributed by atoms with van der Waals surface area (Å²) in [5, 5.41) is 7.57. The summed E-state index contributed by atoms with van der Waals surface area (Å²) in [4.78, 5) is 21.7. The number of carbonyl (C=O) groups is 2. The van der Waals surface area contributed by atoms with Crippen LogP contribution in [0.25, 0.3) is 0 Å². The first-order valence-corrected chi connectivity index (χ1v) is 5.12. The van der Waals surface area contributed by atoms with Gasteiger partial charge in [-0.3, -0.25) is 0 Å². The third-order valence-corrected chi connectivity index (χ3v) is 1.25. The van der Waals surface area contributed by atoms with E-state index in [0.29, 0.717) is 11.1 Å². The summed E-state index contributed by atoms with van der Waals surface area (Å²) in [5.74, 6) is -0.979. The molecule has 0 aromatic carbocycles. The topological polar surface area (TPSA) is 72.8 Å². The Morgan fingerprint density at radius 2 is 1.24 bits per heavy atom. The van der Waals surface area contributed by atoms with Gasteiger partial charge >= 0.3 is 11.9 Å². The van der Waals surface area contributed by atoms with E-state index in [1.54, 1.807) is 20.8 Å². The van der Waals surface area contributed by atoms with Crippen LogP contribution in [0.4, 0.5) is 0 Å². The second-order valence-corrected chi connectivity index (χ2v) is 3.15. The number of hydrogen-bond donors (Lipinski definition) is 1. The summed E-state index contributed by atoms with van der Waals surface area (Å²) >= 11 is 0. The molecule has 0 heterocycles. The lowest BCUT2D eigenvalue weighted by molar-refractivity contribution is -0.147. The van der Waals surface area contributed by atoms with Crippen molar-refractivity contribution in [3.05, 3.63) is 24.3 Å². The molecule has 17 heavy (non-hydrogen) atoms. The molecule has 0 aliphatic carbocycles. The fourth-order valence-corrected chi connectivity index (χ4v) is 0.515. The Bertz CT molecular complexity index is 253.